The minimum Gasteiger partial charge on any atom is -0.311 e. The molecule has 1 aliphatic rings. The van der Waals surface area contributed by atoms with Gasteiger partial charge in [-0.1, -0.05) is 0 Å². The van der Waals surface area contributed by atoms with E-state index in [9.17, 15) is 8.42 Å². The molecule has 0 aromatic carbocycles. The van der Waals surface area contributed by atoms with Crippen molar-refractivity contribution in [3.8, 4) is 0 Å². The Labute approximate surface area is 87.2 Å². The molecule has 1 aliphatic carbocycles. The number of nitrogens with one attached hydrogen (secondary N) is 1. The molecule has 14 heavy (non-hydrogen) atoms. The Balaban J connectivity index is 2.18. The summed E-state index contributed by atoms with van der Waals surface area (Å²) in [5.41, 5.74) is 0. The van der Waals surface area contributed by atoms with Gasteiger partial charge in [-0.15, -0.1) is 0 Å². The van der Waals surface area contributed by atoms with Gasteiger partial charge in [0.25, 0.3) is 0 Å². The molecule has 3 nitrogen and oxygen atoms in total. The second-order valence-corrected chi connectivity index (χ2v) is 6.87. The molecule has 0 heterocycles. The molecule has 1 saturated carbocycles. The average molecular weight is 219 g/mol. The third-order valence-electron chi connectivity index (χ3n) is 2.80. The first-order chi connectivity index (χ1) is 6.38. The molecule has 0 aromatic heterocycles. The van der Waals surface area contributed by atoms with E-state index in [0.29, 0.717) is 17.8 Å². The number of hydrogen-bond donors (Lipinski definition) is 1. The molecule has 0 saturated heterocycles. The highest BCUT2D eigenvalue weighted by atomic mass is 32.2. The van der Waals surface area contributed by atoms with Crippen LogP contribution in [0.15, 0.2) is 0 Å². The third kappa shape index (κ3) is 4.96. The lowest BCUT2D eigenvalue weighted by Crippen LogP contribution is -2.36. The van der Waals surface area contributed by atoms with E-state index in [4.69, 9.17) is 0 Å². The fourth-order valence-electron chi connectivity index (χ4n) is 1.66. The maximum absolute atomic E-state index is 10.9. The maximum atomic E-state index is 10.9. The SMILES string of the molecule is CC(CCS(C)(=O)=O)NC(C)C1CC1. The first-order valence-corrected chi connectivity index (χ1v) is 7.38. The van der Waals surface area contributed by atoms with Crippen molar-refractivity contribution >= 4 is 9.84 Å². The molecule has 0 amide bonds. The van der Waals surface area contributed by atoms with E-state index in [0.717, 1.165) is 12.3 Å². The minimum atomic E-state index is -2.80. The second kappa shape index (κ2) is 4.62. The summed E-state index contributed by atoms with van der Waals surface area (Å²) in [5.74, 6) is 1.12. The summed E-state index contributed by atoms with van der Waals surface area (Å²) in [4.78, 5) is 0. The fourth-order valence-corrected chi connectivity index (χ4v) is 2.44. The second-order valence-electron chi connectivity index (χ2n) is 4.61. The Kier molecular flexibility index (Phi) is 3.95. The minimum absolute atomic E-state index is 0.290. The highest BCUT2D eigenvalue weighted by Crippen LogP contribution is 2.32. The van der Waals surface area contributed by atoms with E-state index in [1.54, 1.807) is 0 Å². The van der Waals surface area contributed by atoms with Gasteiger partial charge in [0, 0.05) is 18.3 Å². The van der Waals surface area contributed by atoms with E-state index >= 15 is 0 Å². The molecule has 0 bridgehead atoms. The molecule has 1 fully saturated rings. The lowest BCUT2D eigenvalue weighted by atomic mass is 10.1. The van der Waals surface area contributed by atoms with Crippen molar-refractivity contribution in [3.63, 3.8) is 0 Å². The Morgan fingerprint density at radius 3 is 2.36 bits per heavy atom. The van der Waals surface area contributed by atoms with Gasteiger partial charge in [-0.25, -0.2) is 8.42 Å². The number of rotatable bonds is 6. The highest BCUT2D eigenvalue weighted by molar-refractivity contribution is 7.90. The Bertz CT molecular complexity index is 270. The molecule has 0 radical (unpaired) electrons. The zero-order valence-corrected chi connectivity index (χ0v) is 10.1. The standard InChI is InChI=1S/C10H21NO2S/c1-8(6-7-14(3,12)13)11-9(2)10-4-5-10/h8-11H,4-7H2,1-3H3. The van der Waals surface area contributed by atoms with Crippen molar-refractivity contribution in [2.75, 3.05) is 12.0 Å². The molecule has 4 heteroatoms. The molecule has 0 spiro atoms. The molecule has 1 N–H and O–H groups in total. The molecule has 1 rings (SSSR count). The molecule has 2 atom stereocenters. The van der Waals surface area contributed by atoms with Crippen molar-refractivity contribution in [3.05, 3.63) is 0 Å². The van der Waals surface area contributed by atoms with Crippen LogP contribution < -0.4 is 5.32 Å². The van der Waals surface area contributed by atoms with Crippen molar-refractivity contribution in [1.29, 1.82) is 0 Å². The van der Waals surface area contributed by atoms with Crippen LogP contribution in [-0.2, 0) is 9.84 Å². The predicted molar refractivity (Wildman–Crippen MR) is 59.1 cm³/mol. The fraction of sp³-hybridized carbons (Fsp3) is 1.00. The number of hydrogen-bond acceptors (Lipinski definition) is 3. The summed E-state index contributed by atoms with van der Waals surface area (Å²) >= 11 is 0. The topological polar surface area (TPSA) is 46.2 Å². The summed E-state index contributed by atoms with van der Waals surface area (Å²) in [5, 5.41) is 3.45. The third-order valence-corrected chi connectivity index (χ3v) is 3.78. The smallest absolute Gasteiger partial charge is 0.147 e. The van der Waals surface area contributed by atoms with Crippen LogP contribution in [-0.4, -0.2) is 32.5 Å². The summed E-state index contributed by atoms with van der Waals surface area (Å²) in [6, 6.07) is 0.852. The Morgan fingerprint density at radius 2 is 1.93 bits per heavy atom. The van der Waals surface area contributed by atoms with Crippen molar-refractivity contribution in [2.45, 2.75) is 45.2 Å². The van der Waals surface area contributed by atoms with Gasteiger partial charge in [-0.2, -0.15) is 0 Å². The predicted octanol–water partition coefficient (Wildman–Crippen LogP) is 1.20. The first-order valence-electron chi connectivity index (χ1n) is 5.32. The van der Waals surface area contributed by atoms with Crippen molar-refractivity contribution in [1.82, 2.24) is 5.32 Å². The zero-order valence-electron chi connectivity index (χ0n) is 9.29. The largest absolute Gasteiger partial charge is 0.311 e. The van der Waals surface area contributed by atoms with Gasteiger partial charge >= 0.3 is 0 Å². The van der Waals surface area contributed by atoms with Crippen LogP contribution in [0.4, 0.5) is 0 Å². The van der Waals surface area contributed by atoms with Crippen molar-refractivity contribution in [2.24, 2.45) is 5.92 Å². The highest BCUT2D eigenvalue weighted by Gasteiger charge is 2.28. The first kappa shape index (κ1) is 12.0. The van der Waals surface area contributed by atoms with Gasteiger partial charge in [-0.3, -0.25) is 0 Å². The quantitative estimate of drug-likeness (QED) is 0.730. The lowest BCUT2D eigenvalue weighted by molar-refractivity contribution is 0.424. The molecule has 0 aliphatic heterocycles. The van der Waals surface area contributed by atoms with E-state index < -0.39 is 9.84 Å². The van der Waals surface area contributed by atoms with Crippen molar-refractivity contribution < 1.29 is 8.42 Å². The summed E-state index contributed by atoms with van der Waals surface area (Å²) in [6.45, 7) is 4.25. The zero-order chi connectivity index (χ0) is 10.8. The van der Waals surface area contributed by atoms with E-state index in [1.165, 1.54) is 19.1 Å². The monoisotopic (exact) mass is 219 g/mol. The normalized spacial score (nSPS) is 21.9. The molecular formula is C10H21NO2S. The Morgan fingerprint density at radius 1 is 1.36 bits per heavy atom. The van der Waals surface area contributed by atoms with Crippen LogP contribution in [0.5, 0.6) is 0 Å². The van der Waals surface area contributed by atoms with Crippen LogP contribution in [0.2, 0.25) is 0 Å². The molecule has 2 unspecified atom stereocenters. The van der Waals surface area contributed by atoms with Gasteiger partial charge < -0.3 is 5.32 Å². The van der Waals surface area contributed by atoms with Gasteiger partial charge in [0.2, 0.25) is 0 Å². The van der Waals surface area contributed by atoms with Crippen LogP contribution in [0.25, 0.3) is 0 Å². The average Bonchev–Trinajstić information content (AvgIpc) is 2.81. The van der Waals surface area contributed by atoms with E-state index in [1.807, 2.05) is 0 Å². The van der Waals surface area contributed by atoms with Crippen LogP contribution in [0.1, 0.15) is 33.1 Å². The molecule has 84 valence electrons. The number of sulfone groups is 1. The van der Waals surface area contributed by atoms with E-state index in [-0.39, 0.29) is 0 Å². The van der Waals surface area contributed by atoms with Gasteiger partial charge in [-0.05, 0) is 39.0 Å². The molecular weight excluding hydrogens is 198 g/mol. The summed E-state index contributed by atoms with van der Waals surface area (Å²) < 4.78 is 21.9. The van der Waals surface area contributed by atoms with Crippen LogP contribution >= 0.6 is 0 Å². The maximum Gasteiger partial charge on any atom is 0.147 e. The van der Waals surface area contributed by atoms with Gasteiger partial charge in [0.1, 0.15) is 9.84 Å². The van der Waals surface area contributed by atoms with Gasteiger partial charge in [0.05, 0.1) is 5.75 Å². The van der Waals surface area contributed by atoms with Crippen LogP contribution in [0.3, 0.4) is 0 Å². The molecule has 0 aromatic rings. The van der Waals surface area contributed by atoms with Gasteiger partial charge in [0.15, 0.2) is 0 Å². The van der Waals surface area contributed by atoms with Crippen LogP contribution in [0, 0.1) is 5.92 Å². The Hall–Kier alpha value is -0.0900. The summed E-state index contributed by atoms with van der Waals surface area (Å²) in [6.07, 6.45) is 4.67. The summed E-state index contributed by atoms with van der Waals surface area (Å²) in [7, 11) is -2.80. The lowest BCUT2D eigenvalue weighted by Gasteiger charge is -2.19. The van der Waals surface area contributed by atoms with E-state index in [2.05, 4.69) is 19.2 Å².